The molecule has 1 fully saturated rings. The van der Waals surface area contributed by atoms with E-state index < -0.39 is 0 Å². The molecule has 84 valence electrons. The first kappa shape index (κ1) is 12.3. The lowest BCUT2D eigenvalue weighted by molar-refractivity contribution is 0.104. The number of ether oxygens (including phenoxy) is 1. The Balaban J connectivity index is 1.84. The molecule has 0 spiro atoms. The van der Waals surface area contributed by atoms with Crippen LogP contribution in [0.3, 0.4) is 0 Å². The van der Waals surface area contributed by atoms with Gasteiger partial charge in [0.2, 0.25) is 0 Å². The molecule has 0 bridgehead atoms. The van der Waals surface area contributed by atoms with E-state index in [9.17, 15) is 0 Å². The Hall–Kier alpha value is 0.270. The van der Waals surface area contributed by atoms with E-state index in [1.54, 1.807) is 0 Å². The van der Waals surface area contributed by atoms with E-state index in [4.69, 9.17) is 4.74 Å². The topological polar surface area (TPSA) is 21.3 Å². The minimum Gasteiger partial charge on any atom is -0.378 e. The summed E-state index contributed by atoms with van der Waals surface area (Å²) < 4.78 is 5.56. The Labute approximate surface area is 92.2 Å². The van der Waals surface area contributed by atoms with E-state index in [0.717, 1.165) is 24.9 Å². The maximum absolute atomic E-state index is 5.56. The van der Waals surface area contributed by atoms with E-state index in [1.165, 1.54) is 25.7 Å². The summed E-state index contributed by atoms with van der Waals surface area (Å²) in [4.78, 5) is 0. The third-order valence-electron chi connectivity index (χ3n) is 2.80. The minimum atomic E-state index is 0.542. The highest BCUT2D eigenvalue weighted by atomic mass is 32.2. The largest absolute Gasteiger partial charge is 0.378 e. The average molecular weight is 217 g/mol. The molecule has 0 amide bonds. The number of hydrogen-bond donors (Lipinski definition) is 1. The zero-order valence-electron chi connectivity index (χ0n) is 9.42. The number of nitrogens with one attached hydrogen (secondary N) is 1. The van der Waals surface area contributed by atoms with Gasteiger partial charge in [-0.05, 0) is 45.0 Å². The summed E-state index contributed by atoms with van der Waals surface area (Å²) in [5.74, 6) is 0. The molecule has 0 aromatic carbocycles. The highest BCUT2D eigenvalue weighted by Crippen LogP contribution is 2.14. The Bertz CT molecular complexity index is 137. The lowest BCUT2D eigenvalue weighted by Gasteiger charge is -2.11. The number of rotatable bonds is 7. The highest BCUT2D eigenvalue weighted by molar-refractivity contribution is 7.99. The molecule has 3 heteroatoms. The molecule has 2 atom stereocenters. The molecule has 0 aromatic heterocycles. The fourth-order valence-corrected chi connectivity index (χ4v) is 2.04. The van der Waals surface area contributed by atoms with Gasteiger partial charge in [0.25, 0.3) is 0 Å². The van der Waals surface area contributed by atoms with Crippen LogP contribution in [-0.2, 0) is 4.74 Å². The van der Waals surface area contributed by atoms with Crippen LogP contribution in [-0.4, -0.2) is 37.3 Å². The van der Waals surface area contributed by atoms with Crippen LogP contribution in [0.1, 0.15) is 32.6 Å². The normalized spacial score (nSPS) is 24.0. The maximum atomic E-state index is 5.56. The molecule has 14 heavy (non-hydrogen) atoms. The summed E-state index contributed by atoms with van der Waals surface area (Å²) in [5.41, 5.74) is 0. The first-order chi connectivity index (χ1) is 6.83. The van der Waals surface area contributed by atoms with Gasteiger partial charge in [0.15, 0.2) is 0 Å². The van der Waals surface area contributed by atoms with Crippen LogP contribution in [0, 0.1) is 0 Å². The van der Waals surface area contributed by atoms with Crippen molar-refractivity contribution in [3.8, 4) is 0 Å². The smallest absolute Gasteiger partial charge is 0.0588 e. The predicted octanol–water partition coefficient (Wildman–Crippen LogP) is 2.29. The van der Waals surface area contributed by atoms with Gasteiger partial charge >= 0.3 is 0 Å². The third kappa shape index (κ3) is 5.23. The van der Waals surface area contributed by atoms with E-state index in [1.807, 2.05) is 11.8 Å². The molecule has 1 saturated heterocycles. The Morgan fingerprint density at radius 1 is 1.50 bits per heavy atom. The predicted molar refractivity (Wildman–Crippen MR) is 64.1 cm³/mol. The van der Waals surface area contributed by atoms with Crippen LogP contribution in [0.5, 0.6) is 0 Å². The van der Waals surface area contributed by atoms with Crippen molar-refractivity contribution >= 4 is 11.8 Å². The van der Waals surface area contributed by atoms with Crippen LogP contribution in [0.25, 0.3) is 0 Å². The SMILES string of the molecule is CSC(C)CCNCCC1CCCO1. The standard InChI is InChI=1S/C11H23NOS/c1-10(14-2)5-7-12-8-6-11-4-3-9-13-11/h10-12H,3-9H2,1-2H3. The van der Waals surface area contributed by atoms with Gasteiger partial charge < -0.3 is 10.1 Å². The first-order valence-corrected chi connectivity index (χ1v) is 6.97. The van der Waals surface area contributed by atoms with Gasteiger partial charge in [-0.3, -0.25) is 0 Å². The molecule has 0 aromatic rings. The molecule has 1 heterocycles. The molecular formula is C11H23NOS. The van der Waals surface area contributed by atoms with Crippen LogP contribution in [0.4, 0.5) is 0 Å². The van der Waals surface area contributed by atoms with Crippen LogP contribution >= 0.6 is 11.8 Å². The summed E-state index contributed by atoms with van der Waals surface area (Å²) in [7, 11) is 0. The molecule has 0 saturated carbocycles. The molecule has 1 aliphatic rings. The molecule has 1 aliphatic heterocycles. The van der Waals surface area contributed by atoms with E-state index >= 15 is 0 Å². The Morgan fingerprint density at radius 2 is 2.36 bits per heavy atom. The van der Waals surface area contributed by atoms with Crippen molar-refractivity contribution in [2.24, 2.45) is 0 Å². The molecular weight excluding hydrogens is 194 g/mol. The number of thioether (sulfide) groups is 1. The van der Waals surface area contributed by atoms with Gasteiger partial charge in [-0.15, -0.1) is 0 Å². The van der Waals surface area contributed by atoms with Crippen molar-refractivity contribution in [3.05, 3.63) is 0 Å². The monoisotopic (exact) mass is 217 g/mol. The van der Waals surface area contributed by atoms with Gasteiger partial charge in [0, 0.05) is 11.9 Å². The average Bonchev–Trinajstić information content (AvgIpc) is 2.69. The maximum Gasteiger partial charge on any atom is 0.0588 e. The summed E-state index contributed by atoms with van der Waals surface area (Å²) in [6, 6.07) is 0. The molecule has 1 rings (SSSR count). The van der Waals surface area contributed by atoms with E-state index in [0.29, 0.717) is 6.10 Å². The fraction of sp³-hybridized carbons (Fsp3) is 1.00. The molecule has 2 nitrogen and oxygen atoms in total. The molecule has 2 unspecified atom stereocenters. The fourth-order valence-electron chi connectivity index (χ4n) is 1.68. The van der Waals surface area contributed by atoms with Crippen LogP contribution in [0.2, 0.25) is 0 Å². The van der Waals surface area contributed by atoms with Crippen molar-refractivity contribution in [3.63, 3.8) is 0 Å². The van der Waals surface area contributed by atoms with Crippen molar-refractivity contribution in [1.29, 1.82) is 0 Å². The lowest BCUT2D eigenvalue weighted by atomic mass is 10.2. The summed E-state index contributed by atoms with van der Waals surface area (Å²) in [5, 5.41) is 4.27. The van der Waals surface area contributed by atoms with Gasteiger partial charge in [0.1, 0.15) is 0 Å². The van der Waals surface area contributed by atoms with Crippen LogP contribution in [0.15, 0.2) is 0 Å². The van der Waals surface area contributed by atoms with E-state index in [2.05, 4.69) is 18.5 Å². The highest BCUT2D eigenvalue weighted by Gasteiger charge is 2.14. The second-order valence-electron chi connectivity index (χ2n) is 4.01. The third-order valence-corrected chi connectivity index (χ3v) is 3.84. The Morgan fingerprint density at radius 3 is 3.00 bits per heavy atom. The van der Waals surface area contributed by atoms with Crippen molar-refractivity contribution in [1.82, 2.24) is 5.32 Å². The number of hydrogen-bond acceptors (Lipinski definition) is 3. The summed E-state index contributed by atoms with van der Waals surface area (Å²) in [6.45, 7) is 5.53. The molecule has 0 aliphatic carbocycles. The molecule has 1 N–H and O–H groups in total. The van der Waals surface area contributed by atoms with Gasteiger partial charge in [-0.25, -0.2) is 0 Å². The van der Waals surface area contributed by atoms with Crippen molar-refractivity contribution in [2.45, 2.75) is 44.0 Å². The van der Waals surface area contributed by atoms with Gasteiger partial charge in [-0.2, -0.15) is 11.8 Å². The molecule has 0 radical (unpaired) electrons. The van der Waals surface area contributed by atoms with Crippen LogP contribution < -0.4 is 5.32 Å². The quantitative estimate of drug-likeness (QED) is 0.661. The minimum absolute atomic E-state index is 0.542. The summed E-state index contributed by atoms with van der Waals surface area (Å²) in [6.07, 6.45) is 7.70. The summed E-state index contributed by atoms with van der Waals surface area (Å²) >= 11 is 1.94. The van der Waals surface area contributed by atoms with Crippen molar-refractivity contribution in [2.75, 3.05) is 26.0 Å². The second kappa shape index (κ2) is 7.55. The van der Waals surface area contributed by atoms with Crippen molar-refractivity contribution < 1.29 is 4.74 Å². The first-order valence-electron chi connectivity index (χ1n) is 5.68. The second-order valence-corrected chi connectivity index (χ2v) is 5.28. The van der Waals surface area contributed by atoms with Gasteiger partial charge in [0.05, 0.1) is 6.10 Å². The zero-order chi connectivity index (χ0) is 10.2. The Kier molecular flexibility index (Phi) is 6.65. The van der Waals surface area contributed by atoms with Gasteiger partial charge in [-0.1, -0.05) is 6.92 Å². The lowest BCUT2D eigenvalue weighted by Crippen LogP contribution is -2.22. The van der Waals surface area contributed by atoms with E-state index in [-0.39, 0.29) is 0 Å². The zero-order valence-corrected chi connectivity index (χ0v) is 10.2.